The number of aliphatic hydroxyl groups is 2. The largest absolute Gasteiger partial charge is 0.491 e. The van der Waals surface area contributed by atoms with Gasteiger partial charge in [-0.2, -0.15) is 0 Å². The molecule has 2 fully saturated rings. The Morgan fingerprint density at radius 3 is 2.75 bits per heavy atom. The van der Waals surface area contributed by atoms with Gasteiger partial charge in [-0.05, 0) is 56.1 Å². The lowest BCUT2D eigenvalue weighted by molar-refractivity contribution is -0.142. The van der Waals surface area contributed by atoms with Crippen LogP contribution in [0.25, 0.3) is 0 Å². The molecule has 6 nitrogen and oxygen atoms in total. The van der Waals surface area contributed by atoms with Crippen LogP contribution >= 0.6 is 0 Å². The van der Waals surface area contributed by atoms with E-state index in [-0.39, 0.29) is 30.5 Å². The van der Waals surface area contributed by atoms with Gasteiger partial charge >= 0.3 is 5.97 Å². The molecule has 3 N–H and O–H groups in total. The molecule has 1 saturated heterocycles. The summed E-state index contributed by atoms with van der Waals surface area (Å²) in [4.78, 5) is 11.4. The van der Waals surface area contributed by atoms with Crippen LogP contribution in [0.4, 0.5) is 0 Å². The minimum Gasteiger partial charge on any atom is -0.491 e. The predicted octanol–water partition coefficient (Wildman–Crippen LogP) is 4.06. The van der Waals surface area contributed by atoms with Crippen LogP contribution in [0.5, 0.6) is 5.75 Å². The number of carboxylic acid groups (broad SMARTS) is 1. The fourth-order valence-electron chi connectivity index (χ4n) is 5.13. The summed E-state index contributed by atoms with van der Waals surface area (Å²) < 4.78 is 11.8. The third-order valence-corrected chi connectivity index (χ3v) is 6.97. The second-order valence-electron chi connectivity index (χ2n) is 9.34. The average Bonchev–Trinajstić information content (AvgIpc) is 2.95. The fraction of sp³-hybridized carbons (Fsp3) is 0.654. The maximum atomic E-state index is 11.4. The average molecular weight is 447 g/mol. The number of hydrogen-bond acceptors (Lipinski definition) is 5. The van der Waals surface area contributed by atoms with Gasteiger partial charge in [0.2, 0.25) is 0 Å². The van der Waals surface area contributed by atoms with E-state index < -0.39 is 18.2 Å². The summed E-state index contributed by atoms with van der Waals surface area (Å²) in [5.74, 6) is 0.303. The third-order valence-electron chi connectivity index (χ3n) is 6.97. The van der Waals surface area contributed by atoms with Crippen molar-refractivity contribution in [1.82, 2.24) is 0 Å². The molecule has 0 aromatic heterocycles. The van der Waals surface area contributed by atoms with E-state index in [4.69, 9.17) is 9.47 Å². The molecule has 0 radical (unpaired) electrons. The SMILES string of the molecule is CCCC(CCC1CC[C@@H]2[C@@H](/C=C/[C@@H](O)COc3ccccc3)[C@H](O)C[C@H]2OC1)C(=O)O. The molecule has 2 unspecified atom stereocenters. The minimum atomic E-state index is -0.743. The van der Waals surface area contributed by atoms with Crippen molar-refractivity contribution < 1.29 is 29.6 Å². The van der Waals surface area contributed by atoms with Gasteiger partial charge in [-0.15, -0.1) is 0 Å². The molecule has 3 rings (SSSR count). The van der Waals surface area contributed by atoms with Gasteiger partial charge < -0.3 is 24.8 Å². The van der Waals surface area contributed by atoms with Crippen LogP contribution in [-0.4, -0.2) is 52.8 Å². The van der Waals surface area contributed by atoms with Gasteiger partial charge in [0.15, 0.2) is 0 Å². The van der Waals surface area contributed by atoms with Crippen molar-refractivity contribution in [2.24, 2.45) is 23.7 Å². The molecule has 1 aromatic carbocycles. The van der Waals surface area contributed by atoms with Gasteiger partial charge in [-0.25, -0.2) is 0 Å². The highest BCUT2D eigenvalue weighted by molar-refractivity contribution is 5.69. The van der Waals surface area contributed by atoms with Gasteiger partial charge in [0, 0.05) is 18.9 Å². The van der Waals surface area contributed by atoms with Crippen LogP contribution in [-0.2, 0) is 9.53 Å². The molecule has 1 aromatic rings. The van der Waals surface area contributed by atoms with Crippen molar-refractivity contribution in [3.05, 3.63) is 42.5 Å². The van der Waals surface area contributed by atoms with Crippen molar-refractivity contribution in [2.75, 3.05) is 13.2 Å². The Balaban J connectivity index is 1.49. The molecule has 1 heterocycles. The Morgan fingerprint density at radius 2 is 2.03 bits per heavy atom. The third kappa shape index (κ3) is 7.06. The van der Waals surface area contributed by atoms with E-state index in [1.54, 1.807) is 6.08 Å². The summed E-state index contributed by atoms with van der Waals surface area (Å²) in [5.41, 5.74) is 0. The summed E-state index contributed by atoms with van der Waals surface area (Å²) in [6.45, 7) is 2.82. The van der Waals surface area contributed by atoms with Crippen molar-refractivity contribution in [1.29, 1.82) is 0 Å². The van der Waals surface area contributed by atoms with Gasteiger partial charge in [0.05, 0.1) is 18.1 Å². The Hall–Kier alpha value is -1.89. The highest BCUT2D eigenvalue weighted by atomic mass is 16.5. The Labute approximate surface area is 191 Å². The summed E-state index contributed by atoms with van der Waals surface area (Å²) in [5, 5.41) is 30.3. The molecule has 32 heavy (non-hydrogen) atoms. The van der Waals surface area contributed by atoms with Crippen molar-refractivity contribution >= 4 is 5.97 Å². The molecule has 0 amide bonds. The van der Waals surface area contributed by atoms with E-state index in [1.807, 2.05) is 43.3 Å². The molecule has 0 spiro atoms. The van der Waals surface area contributed by atoms with E-state index in [9.17, 15) is 20.1 Å². The molecule has 6 heteroatoms. The lowest BCUT2D eigenvalue weighted by atomic mass is 9.85. The number of rotatable bonds is 11. The second kappa shape index (κ2) is 12.4. The van der Waals surface area contributed by atoms with Crippen molar-refractivity contribution in [3.63, 3.8) is 0 Å². The van der Waals surface area contributed by atoms with Crippen molar-refractivity contribution in [2.45, 2.75) is 70.2 Å². The number of hydrogen-bond donors (Lipinski definition) is 3. The number of aliphatic carboxylic acids is 1. The normalized spacial score (nSPS) is 29.9. The number of fused-ring (bicyclic) bond motifs is 1. The highest BCUT2D eigenvalue weighted by Crippen LogP contribution is 2.42. The predicted molar refractivity (Wildman–Crippen MR) is 122 cm³/mol. The topological polar surface area (TPSA) is 96.2 Å². The van der Waals surface area contributed by atoms with Crippen LogP contribution in [0.15, 0.2) is 42.5 Å². The Bertz CT molecular complexity index is 720. The Morgan fingerprint density at radius 1 is 1.25 bits per heavy atom. The first kappa shape index (κ1) is 24.7. The summed E-state index contributed by atoms with van der Waals surface area (Å²) >= 11 is 0. The Kier molecular flexibility index (Phi) is 9.57. The number of aliphatic hydroxyl groups excluding tert-OH is 2. The first-order chi connectivity index (χ1) is 15.5. The van der Waals surface area contributed by atoms with Crippen molar-refractivity contribution in [3.8, 4) is 5.75 Å². The van der Waals surface area contributed by atoms with Crippen LogP contribution in [0, 0.1) is 23.7 Å². The first-order valence-corrected chi connectivity index (χ1v) is 12.0. The zero-order chi connectivity index (χ0) is 22.9. The van der Waals surface area contributed by atoms with E-state index in [0.717, 1.165) is 32.1 Å². The van der Waals surface area contributed by atoms with Gasteiger partial charge in [0.25, 0.3) is 0 Å². The van der Waals surface area contributed by atoms with E-state index >= 15 is 0 Å². The molecule has 1 aliphatic carbocycles. The van der Waals surface area contributed by atoms with Crippen LogP contribution < -0.4 is 4.74 Å². The molecule has 1 saturated carbocycles. The maximum Gasteiger partial charge on any atom is 0.306 e. The zero-order valence-corrected chi connectivity index (χ0v) is 19.0. The quantitative estimate of drug-likeness (QED) is 0.444. The minimum absolute atomic E-state index is 0.0216. The van der Waals surface area contributed by atoms with E-state index in [1.165, 1.54) is 0 Å². The maximum absolute atomic E-state index is 11.4. The van der Waals surface area contributed by atoms with Crippen LogP contribution in [0.3, 0.4) is 0 Å². The standard InChI is InChI=1S/C26H38O6/c1-2-6-19(26(29)30)11-9-18-10-13-23-22(24(28)15-25(23)32-16-18)14-12-20(27)17-31-21-7-4-3-5-8-21/h3-5,7-8,12,14,18-20,22-25,27-28H,2,6,9-11,13,15-17H2,1H3,(H,29,30)/b14-12+/t18?,19?,20-,22-,23-,24-,25-/m1/s1. The second-order valence-corrected chi connectivity index (χ2v) is 9.34. The van der Waals surface area contributed by atoms with E-state index in [2.05, 4.69) is 0 Å². The first-order valence-electron chi connectivity index (χ1n) is 12.0. The monoisotopic (exact) mass is 446 g/mol. The molecule has 0 bridgehead atoms. The molecular weight excluding hydrogens is 408 g/mol. The van der Waals surface area contributed by atoms with E-state index in [0.29, 0.717) is 31.1 Å². The number of carboxylic acids is 1. The number of carbonyl (C=O) groups is 1. The molecule has 1 aliphatic heterocycles. The van der Waals surface area contributed by atoms with Crippen LogP contribution in [0.1, 0.15) is 51.9 Å². The zero-order valence-electron chi connectivity index (χ0n) is 19.0. The number of benzene rings is 1. The van der Waals surface area contributed by atoms with Gasteiger partial charge in [0.1, 0.15) is 18.5 Å². The number of ether oxygens (including phenoxy) is 2. The van der Waals surface area contributed by atoms with Gasteiger partial charge in [-0.1, -0.05) is 43.7 Å². The molecule has 178 valence electrons. The summed E-state index contributed by atoms with van der Waals surface area (Å²) in [7, 11) is 0. The smallest absolute Gasteiger partial charge is 0.306 e. The van der Waals surface area contributed by atoms with Crippen LogP contribution in [0.2, 0.25) is 0 Å². The number of para-hydroxylation sites is 1. The summed E-state index contributed by atoms with van der Waals surface area (Å²) in [6, 6.07) is 9.38. The van der Waals surface area contributed by atoms with Gasteiger partial charge in [-0.3, -0.25) is 4.79 Å². The molecular formula is C26H38O6. The lowest BCUT2D eigenvalue weighted by Gasteiger charge is -2.21. The molecule has 7 atom stereocenters. The molecule has 2 aliphatic rings. The lowest BCUT2D eigenvalue weighted by Crippen LogP contribution is -2.22. The fourth-order valence-corrected chi connectivity index (χ4v) is 5.13. The highest BCUT2D eigenvalue weighted by Gasteiger charge is 2.43. The summed E-state index contributed by atoms with van der Waals surface area (Å²) in [6.07, 6.45) is 8.18.